The first kappa shape index (κ1) is 22.2. The molecule has 0 unspecified atom stereocenters. The fourth-order valence-corrected chi connectivity index (χ4v) is 2.58. The molecule has 1 amide bonds. The number of carbonyl (C=O) groups excluding carboxylic acids is 1. The molecular formula is C20H22F4N4O. The van der Waals surface area contributed by atoms with Crippen molar-refractivity contribution in [3.63, 3.8) is 0 Å². The van der Waals surface area contributed by atoms with Crippen LogP contribution in [0.4, 0.5) is 17.6 Å². The minimum absolute atomic E-state index is 0.0932. The molecule has 0 heterocycles. The van der Waals surface area contributed by atoms with Crippen molar-refractivity contribution in [2.75, 3.05) is 20.1 Å². The van der Waals surface area contributed by atoms with Gasteiger partial charge in [-0.2, -0.15) is 13.2 Å². The summed E-state index contributed by atoms with van der Waals surface area (Å²) in [6.45, 7) is 0.134. The van der Waals surface area contributed by atoms with E-state index in [4.69, 9.17) is 0 Å². The summed E-state index contributed by atoms with van der Waals surface area (Å²) in [6.07, 6.45) is -3.99. The standard InChI is InChI=1S/C20H22F4N4O/c1-25-19(27-12-15-7-8-16(21)11-17(15)20(22,23)24)28-13-18(29)26-10-9-14-5-3-2-4-6-14/h2-8,11H,9-10,12-13H2,1H3,(H,26,29)(H2,25,27,28). The van der Waals surface area contributed by atoms with E-state index in [1.54, 1.807) is 0 Å². The molecule has 29 heavy (non-hydrogen) atoms. The van der Waals surface area contributed by atoms with Gasteiger partial charge < -0.3 is 16.0 Å². The number of rotatable bonds is 7. The average molecular weight is 410 g/mol. The van der Waals surface area contributed by atoms with Crippen LogP contribution < -0.4 is 16.0 Å². The van der Waals surface area contributed by atoms with Crippen molar-refractivity contribution in [1.82, 2.24) is 16.0 Å². The van der Waals surface area contributed by atoms with E-state index in [1.165, 1.54) is 7.05 Å². The zero-order valence-corrected chi connectivity index (χ0v) is 15.8. The molecule has 0 saturated heterocycles. The van der Waals surface area contributed by atoms with Crippen LogP contribution in [-0.2, 0) is 23.9 Å². The molecule has 0 aliphatic heterocycles. The molecule has 5 nitrogen and oxygen atoms in total. The van der Waals surface area contributed by atoms with E-state index in [2.05, 4.69) is 20.9 Å². The number of amides is 1. The average Bonchev–Trinajstić information content (AvgIpc) is 2.69. The molecule has 0 atom stereocenters. The number of aliphatic imine (C=N–C) groups is 1. The number of carbonyl (C=O) groups is 1. The molecular weight excluding hydrogens is 388 g/mol. The minimum Gasteiger partial charge on any atom is -0.354 e. The molecule has 2 aromatic rings. The van der Waals surface area contributed by atoms with Gasteiger partial charge in [-0.25, -0.2) is 4.39 Å². The highest BCUT2D eigenvalue weighted by molar-refractivity contribution is 5.86. The Kier molecular flexibility index (Phi) is 7.99. The zero-order valence-electron chi connectivity index (χ0n) is 15.8. The fourth-order valence-electron chi connectivity index (χ4n) is 2.58. The lowest BCUT2D eigenvalue weighted by Gasteiger charge is -2.16. The SMILES string of the molecule is CN=C(NCC(=O)NCCc1ccccc1)NCc1ccc(F)cc1C(F)(F)F. The largest absolute Gasteiger partial charge is 0.416 e. The lowest BCUT2D eigenvalue weighted by Crippen LogP contribution is -2.43. The number of guanidine groups is 1. The summed E-state index contributed by atoms with van der Waals surface area (Å²) >= 11 is 0. The van der Waals surface area contributed by atoms with E-state index in [0.29, 0.717) is 19.0 Å². The van der Waals surface area contributed by atoms with E-state index >= 15 is 0 Å². The van der Waals surface area contributed by atoms with Crippen LogP contribution >= 0.6 is 0 Å². The molecule has 156 valence electrons. The second-order valence-electron chi connectivity index (χ2n) is 6.16. The lowest BCUT2D eigenvalue weighted by atomic mass is 10.1. The molecule has 0 aliphatic carbocycles. The van der Waals surface area contributed by atoms with Crippen molar-refractivity contribution >= 4 is 11.9 Å². The number of hydrogen-bond acceptors (Lipinski definition) is 2. The summed E-state index contributed by atoms with van der Waals surface area (Å²) < 4.78 is 52.3. The van der Waals surface area contributed by atoms with Crippen molar-refractivity contribution in [2.24, 2.45) is 4.99 Å². The van der Waals surface area contributed by atoms with Gasteiger partial charge in [0.15, 0.2) is 5.96 Å². The number of nitrogens with one attached hydrogen (secondary N) is 3. The quantitative estimate of drug-likeness (QED) is 0.374. The summed E-state index contributed by atoms with van der Waals surface area (Å²) in [5, 5.41) is 8.17. The Morgan fingerprint density at radius 1 is 1.03 bits per heavy atom. The normalized spacial score (nSPS) is 11.8. The summed E-state index contributed by atoms with van der Waals surface area (Å²) in [4.78, 5) is 15.8. The third-order valence-corrected chi connectivity index (χ3v) is 4.04. The predicted molar refractivity (Wildman–Crippen MR) is 103 cm³/mol. The molecule has 0 bridgehead atoms. The van der Waals surface area contributed by atoms with Gasteiger partial charge in [0.25, 0.3) is 0 Å². The molecule has 2 rings (SSSR count). The van der Waals surface area contributed by atoms with Crippen molar-refractivity contribution < 1.29 is 22.4 Å². The maximum Gasteiger partial charge on any atom is 0.416 e. The summed E-state index contributed by atoms with van der Waals surface area (Å²) in [5.41, 5.74) is -0.0914. The van der Waals surface area contributed by atoms with Crippen LogP contribution in [0.25, 0.3) is 0 Å². The topological polar surface area (TPSA) is 65.5 Å². The van der Waals surface area contributed by atoms with Gasteiger partial charge in [0.1, 0.15) is 5.82 Å². The highest BCUT2D eigenvalue weighted by atomic mass is 19.4. The Labute approximate surface area is 166 Å². The number of alkyl halides is 3. The van der Waals surface area contributed by atoms with Gasteiger partial charge in [-0.3, -0.25) is 9.79 Å². The molecule has 0 spiro atoms. The van der Waals surface area contributed by atoms with Gasteiger partial charge in [0.2, 0.25) is 5.91 Å². The highest BCUT2D eigenvalue weighted by Gasteiger charge is 2.33. The molecule has 0 radical (unpaired) electrons. The van der Waals surface area contributed by atoms with E-state index in [9.17, 15) is 22.4 Å². The molecule has 0 aliphatic rings. The maximum atomic E-state index is 13.2. The van der Waals surface area contributed by atoms with Crippen molar-refractivity contribution in [3.8, 4) is 0 Å². The first-order valence-corrected chi connectivity index (χ1v) is 8.90. The van der Waals surface area contributed by atoms with Crippen molar-refractivity contribution in [2.45, 2.75) is 19.1 Å². The van der Waals surface area contributed by atoms with Crippen LogP contribution in [0, 0.1) is 5.82 Å². The van der Waals surface area contributed by atoms with Crippen LogP contribution in [0.3, 0.4) is 0 Å². The molecule has 0 fully saturated rings. The number of nitrogens with zero attached hydrogens (tertiary/aromatic N) is 1. The summed E-state index contributed by atoms with van der Waals surface area (Å²) in [7, 11) is 1.43. The van der Waals surface area contributed by atoms with E-state index < -0.39 is 17.6 Å². The second-order valence-corrected chi connectivity index (χ2v) is 6.16. The van der Waals surface area contributed by atoms with Crippen molar-refractivity contribution in [1.29, 1.82) is 0 Å². The minimum atomic E-state index is -4.67. The van der Waals surface area contributed by atoms with Gasteiger partial charge in [-0.05, 0) is 29.7 Å². The van der Waals surface area contributed by atoms with Gasteiger partial charge in [-0.1, -0.05) is 36.4 Å². The molecule has 9 heteroatoms. The Balaban J connectivity index is 1.80. The summed E-state index contributed by atoms with van der Waals surface area (Å²) in [5.74, 6) is -1.09. The van der Waals surface area contributed by atoms with Gasteiger partial charge in [-0.15, -0.1) is 0 Å². The zero-order chi connectivity index (χ0) is 21.3. The first-order chi connectivity index (χ1) is 13.8. The lowest BCUT2D eigenvalue weighted by molar-refractivity contribution is -0.138. The van der Waals surface area contributed by atoms with Gasteiger partial charge >= 0.3 is 6.18 Å². The van der Waals surface area contributed by atoms with Crippen LogP contribution in [0.5, 0.6) is 0 Å². The number of benzene rings is 2. The predicted octanol–water partition coefficient (Wildman–Crippen LogP) is 2.87. The van der Waals surface area contributed by atoms with Gasteiger partial charge in [0.05, 0.1) is 12.1 Å². The highest BCUT2D eigenvalue weighted by Crippen LogP contribution is 2.32. The third kappa shape index (κ3) is 7.44. The van der Waals surface area contributed by atoms with E-state index in [1.807, 2.05) is 30.3 Å². The van der Waals surface area contributed by atoms with Crippen LogP contribution in [0.2, 0.25) is 0 Å². The Morgan fingerprint density at radius 2 is 1.76 bits per heavy atom. The van der Waals surface area contributed by atoms with Crippen LogP contribution in [0.15, 0.2) is 53.5 Å². The fraction of sp³-hybridized carbons (Fsp3) is 0.300. The monoisotopic (exact) mass is 410 g/mol. The van der Waals surface area contributed by atoms with Crippen LogP contribution in [0.1, 0.15) is 16.7 Å². The maximum absolute atomic E-state index is 13.2. The smallest absolute Gasteiger partial charge is 0.354 e. The first-order valence-electron chi connectivity index (χ1n) is 8.90. The number of halogens is 4. The molecule has 3 N–H and O–H groups in total. The number of hydrogen-bond donors (Lipinski definition) is 3. The molecule has 0 aromatic heterocycles. The summed E-state index contributed by atoms with van der Waals surface area (Å²) in [6, 6.07) is 12.1. The van der Waals surface area contributed by atoms with E-state index in [-0.39, 0.29) is 30.5 Å². The third-order valence-electron chi connectivity index (χ3n) is 4.04. The second kappa shape index (κ2) is 10.4. The Morgan fingerprint density at radius 3 is 2.41 bits per heavy atom. The van der Waals surface area contributed by atoms with Gasteiger partial charge in [0, 0.05) is 20.1 Å². The van der Waals surface area contributed by atoms with Crippen LogP contribution in [-0.4, -0.2) is 32.0 Å². The van der Waals surface area contributed by atoms with Crippen molar-refractivity contribution in [3.05, 3.63) is 71.0 Å². The molecule has 0 saturated carbocycles. The van der Waals surface area contributed by atoms with E-state index in [0.717, 1.165) is 17.7 Å². The Bertz CT molecular complexity index is 838. The Hall–Kier alpha value is -3.10. The molecule has 2 aromatic carbocycles.